The molecule has 1 fully saturated rings. The van der Waals surface area contributed by atoms with Gasteiger partial charge in [0.2, 0.25) is 10.0 Å². The molecule has 0 unspecified atom stereocenters. The van der Waals surface area contributed by atoms with Gasteiger partial charge < -0.3 is 10.6 Å². The van der Waals surface area contributed by atoms with E-state index in [4.69, 9.17) is 4.99 Å². The van der Waals surface area contributed by atoms with Crippen LogP contribution in [0, 0.1) is 12.8 Å². The molecule has 7 nitrogen and oxygen atoms in total. The van der Waals surface area contributed by atoms with Crippen LogP contribution in [0.1, 0.15) is 29.7 Å². The number of guanidine groups is 1. The fourth-order valence-electron chi connectivity index (χ4n) is 3.44. The molecule has 0 aliphatic carbocycles. The molecule has 2 aromatic rings. The van der Waals surface area contributed by atoms with Crippen molar-refractivity contribution < 1.29 is 8.42 Å². The van der Waals surface area contributed by atoms with Crippen LogP contribution in [0.5, 0.6) is 0 Å². The van der Waals surface area contributed by atoms with Gasteiger partial charge in [0.1, 0.15) is 0 Å². The summed E-state index contributed by atoms with van der Waals surface area (Å²) in [6.07, 6.45) is 4.43. The number of nitrogens with one attached hydrogen (secondary N) is 2. The van der Waals surface area contributed by atoms with Gasteiger partial charge in [0.15, 0.2) is 5.96 Å². The summed E-state index contributed by atoms with van der Waals surface area (Å²) in [5, 5.41) is 7.78. The van der Waals surface area contributed by atoms with Crippen LogP contribution in [0.15, 0.2) is 46.4 Å². The second kappa shape index (κ2) is 10.9. The molecule has 3 rings (SSSR count). The second-order valence-corrected chi connectivity index (χ2v) is 10.7. The van der Waals surface area contributed by atoms with E-state index in [1.54, 1.807) is 39.9 Å². The molecule has 1 aromatic heterocycles. The standard InChI is InChI=1S/C21H31N5O2S2/c1-3-22-21(23-12-9-20-24-15-17(2)29-20)25-16-18-10-13-26(14-11-18)30(27,28)19-7-5-4-6-8-19/h4-8,15,18H,3,9-14,16H2,1-2H3,(H2,22,23,25). The van der Waals surface area contributed by atoms with Crippen LogP contribution >= 0.6 is 11.3 Å². The molecule has 2 N–H and O–H groups in total. The molecule has 30 heavy (non-hydrogen) atoms. The van der Waals surface area contributed by atoms with Gasteiger partial charge in [-0.3, -0.25) is 4.99 Å². The molecule has 0 bridgehead atoms. The van der Waals surface area contributed by atoms with Gasteiger partial charge in [-0.25, -0.2) is 13.4 Å². The summed E-state index contributed by atoms with van der Waals surface area (Å²) in [5.41, 5.74) is 0. The number of aliphatic imine (C=N–C) groups is 1. The number of rotatable bonds is 8. The summed E-state index contributed by atoms with van der Waals surface area (Å²) in [6.45, 7) is 7.49. The highest BCUT2D eigenvalue weighted by Crippen LogP contribution is 2.23. The summed E-state index contributed by atoms with van der Waals surface area (Å²) in [6, 6.07) is 8.68. The maximum atomic E-state index is 12.8. The summed E-state index contributed by atoms with van der Waals surface area (Å²) in [7, 11) is -3.39. The minimum Gasteiger partial charge on any atom is -0.357 e. The molecule has 1 saturated heterocycles. The van der Waals surface area contributed by atoms with E-state index in [9.17, 15) is 8.42 Å². The SMILES string of the molecule is CCNC(=NCC1CCN(S(=O)(=O)c2ccccc2)CC1)NCCc1ncc(C)s1. The van der Waals surface area contributed by atoms with E-state index in [1.165, 1.54) is 4.88 Å². The van der Waals surface area contributed by atoms with Gasteiger partial charge in [-0.2, -0.15) is 4.31 Å². The minimum absolute atomic E-state index is 0.371. The predicted octanol–water partition coefficient (Wildman–Crippen LogP) is 2.65. The Morgan fingerprint density at radius 1 is 1.23 bits per heavy atom. The summed E-state index contributed by atoms with van der Waals surface area (Å²) in [4.78, 5) is 10.7. The smallest absolute Gasteiger partial charge is 0.243 e. The van der Waals surface area contributed by atoms with Crippen molar-refractivity contribution in [1.82, 2.24) is 19.9 Å². The Kier molecular flexibility index (Phi) is 8.24. The maximum Gasteiger partial charge on any atom is 0.243 e. The normalized spacial score (nSPS) is 16.5. The van der Waals surface area contributed by atoms with Crippen LogP contribution < -0.4 is 10.6 Å². The number of hydrogen-bond acceptors (Lipinski definition) is 5. The first-order valence-electron chi connectivity index (χ1n) is 10.5. The van der Waals surface area contributed by atoms with E-state index in [0.29, 0.717) is 30.4 Å². The Balaban J connectivity index is 1.47. The monoisotopic (exact) mass is 449 g/mol. The third-order valence-corrected chi connectivity index (χ3v) is 7.99. The first-order valence-corrected chi connectivity index (χ1v) is 12.7. The number of benzene rings is 1. The zero-order chi connectivity index (χ0) is 21.4. The summed E-state index contributed by atoms with van der Waals surface area (Å²) < 4.78 is 27.1. The Labute approximate surface area is 183 Å². The Morgan fingerprint density at radius 2 is 1.97 bits per heavy atom. The highest BCUT2D eigenvalue weighted by Gasteiger charge is 2.29. The zero-order valence-corrected chi connectivity index (χ0v) is 19.3. The lowest BCUT2D eigenvalue weighted by molar-refractivity contribution is 0.278. The van der Waals surface area contributed by atoms with Crippen LogP contribution in [0.25, 0.3) is 0 Å². The zero-order valence-electron chi connectivity index (χ0n) is 17.7. The summed E-state index contributed by atoms with van der Waals surface area (Å²) >= 11 is 1.72. The van der Waals surface area contributed by atoms with E-state index in [-0.39, 0.29) is 0 Å². The first-order chi connectivity index (χ1) is 14.5. The molecule has 164 valence electrons. The van der Waals surface area contributed by atoms with Crippen molar-refractivity contribution in [2.75, 3.05) is 32.7 Å². The topological polar surface area (TPSA) is 86.7 Å². The van der Waals surface area contributed by atoms with Gasteiger partial charge in [0, 0.05) is 50.2 Å². The van der Waals surface area contributed by atoms with E-state index in [1.807, 2.05) is 19.2 Å². The van der Waals surface area contributed by atoms with Gasteiger partial charge in [-0.15, -0.1) is 11.3 Å². The number of nitrogens with zero attached hydrogens (tertiary/aromatic N) is 3. The molecular formula is C21H31N5O2S2. The van der Waals surface area contributed by atoms with Crippen molar-refractivity contribution in [3.63, 3.8) is 0 Å². The van der Waals surface area contributed by atoms with E-state index in [0.717, 1.165) is 43.3 Å². The molecule has 0 saturated carbocycles. The molecule has 0 atom stereocenters. The van der Waals surface area contributed by atoms with Crippen molar-refractivity contribution in [1.29, 1.82) is 0 Å². The van der Waals surface area contributed by atoms with Crippen molar-refractivity contribution >= 4 is 27.3 Å². The van der Waals surface area contributed by atoms with Crippen LogP contribution in [-0.4, -0.2) is 56.4 Å². The Morgan fingerprint density at radius 3 is 2.60 bits per heavy atom. The van der Waals surface area contributed by atoms with Crippen LogP contribution in [0.3, 0.4) is 0 Å². The largest absolute Gasteiger partial charge is 0.357 e. The fraction of sp³-hybridized carbons (Fsp3) is 0.524. The number of aromatic nitrogens is 1. The van der Waals surface area contributed by atoms with Crippen molar-refractivity contribution in [3.05, 3.63) is 46.4 Å². The van der Waals surface area contributed by atoms with E-state index >= 15 is 0 Å². The van der Waals surface area contributed by atoms with Crippen LogP contribution in [0.2, 0.25) is 0 Å². The molecule has 0 spiro atoms. The third kappa shape index (κ3) is 6.26. The number of piperidine rings is 1. The van der Waals surface area contributed by atoms with Gasteiger partial charge in [-0.1, -0.05) is 18.2 Å². The predicted molar refractivity (Wildman–Crippen MR) is 122 cm³/mol. The molecule has 0 radical (unpaired) electrons. The lowest BCUT2D eigenvalue weighted by Gasteiger charge is -2.30. The number of sulfonamides is 1. The van der Waals surface area contributed by atoms with Gasteiger partial charge in [0.25, 0.3) is 0 Å². The van der Waals surface area contributed by atoms with E-state index in [2.05, 4.69) is 22.5 Å². The fourth-order valence-corrected chi connectivity index (χ4v) is 5.72. The van der Waals surface area contributed by atoms with Gasteiger partial charge in [-0.05, 0) is 44.7 Å². The highest BCUT2D eigenvalue weighted by atomic mass is 32.2. The average molecular weight is 450 g/mol. The lowest BCUT2D eigenvalue weighted by Crippen LogP contribution is -2.40. The Bertz CT molecular complexity index is 920. The van der Waals surface area contributed by atoms with E-state index < -0.39 is 10.0 Å². The number of thiazole rings is 1. The molecule has 2 heterocycles. The van der Waals surface area contributed by atoms with Crippen LogP contribution in [-0.2, 0) is 16.4 Å². The van der Waals surface area contributed by atoms with Crippen molar-refractivity contribution in [2.24, 2.45) is 10.9 Å². The first kappa shape index (κ1) is 22.7. The quantitative estimate of drug-likeness (QED) is 0.478. The lowest BCUT2D eigenvalue weighted by atomic mass is 9.98. The number of aryl methyl sites for hydroxylation is 1. The Hall–Kier alpha value is -1.97. The highest BCUT2D eigenvalue weighted by molar-refractivity contribution is 7.89. The molecule has 9 heteroatoms. The summed E-state index contributed by atoms with van der Waals surface area (Å²) in [5.74, 6) is 1.20. The van der Waals surface area contributed by atoms with Gasteiger partial charge in [0.05, 0.1) is 9.90 Å². The third-order valence-electron chi connectivity index (χ3n) is 5.11. The molecular weight excluding hydrogens is 418 g/mol. The molecule has 1 aromatic carbocycles. The average Bonchev–Trinajstić information content (AvgIpc) is 3.18. The van der Waals surface area contributed by atoms with Gasteiger partial charge >= 0.3 is 0 Å². The minimum atomic E-state index is -3.39. The maximum absolute atomic E-state index is 12.8. The molecule has 1 aliphatic rings. The van der Waals surface area contributed by atoms with Crippen molar-refractivity contribution in [2.45, 2.75) is 38.0 Å². The van der Waals surface area contributed by atoms with Crippen LogP contribution in [0.4, 0.5) is 0 Å². The van der Waals surface area contributed by atoms with Crippen molar-refractivity contribution in [3.8, 4) is 0 Å². The molecule has 0 amide bonds. The molecule has 1 aliphatic heterocycles. The second-order valence-electron chi connectivity index (χ2n) is 7.42. The number of hydrogen-bond donors (Lipinski definition) is 2.